The van der Waals surface area contributed by atoms with Crippen LogP contribution in [0.5, 0.6) is 0 Å². The zero-order valence-corrected chi connectivity index (χ0v) is 22.5. The maximum absolute atomic E-state index is 12.3. The van der Waals surface area contributed by atoms with E-state index < -0.39 is 65.7 Å². The van der Waals surface area contributed by atoms with Crippen molar-refractivity contribution in [2.45, 2.75) is 37.6 Å². The smallest absolute Gasteiger partial charge is 0.377 e. The molecule has 11 N–H and O–H groups in total. The van der Waals surface area contributed by atoms with E-state index in [1.165, 1.54) is 18.3 Å². The van der Waals surface area contributed by atoms with E-state index in [-0.39, 0.29) is 42.1 Å². The van der Waals surface area contributed by atoms with Crippen LogP contribution in [0, 0.1) is 0 Å². The molecule has 1 amide bonds. The minimum atomic E-state index is -1.42. The van der Waals surface area contributed by atoms with Crippen molar-refractivity contribution >= 4 is 46.6 Å². The van der Waals surface area contributed by atoms with Crippen molar-refractivity contribution in [1.82, 2.24) is 25.3 Å². The highest BCUT2D eigenvalue weighted by molar-refractivity contribution is 5.97. The number of carbonyl (C=O) groups excluding carboxylic acids is 2. The first-order valence-electron chi connectivity index (χ1n) is 12.5. The van der Waals surface area contributed by atoms with Gasteiger partial charge in [0, 0.05) is 17.7 Å². The van der Waals surface area contributed by atoms with Crippen molar-refractivity contribution in [2.24, 2.45) is 0 Å². The predicted octanol–water partition coefficient (Wildman–Crippen LogP) is -1.45. The average molecular weight is 618 g/mol. The molecule has 3 heterocycles. The molecule has 1 aromatic carbocycles. The van der Waals surface area contributed by atoms with E-state index in [1.807, 2.05) is 0 Å². The standard InChI is InChI=1S/C19H19N7O6.C6H8O6/c20-19-25-15-14(17(30)26-19)23-11(8-22-15)7-21-10-3-1-9(2-4-10)16(29)24-12(18(31)32)5-6-13(27)28;7-1-2(8)5-3(9)4(10)6(11)12-5/h1-4,8,12,21H,5-7H2,(H,24,29)(H,27,28)(H,31,32)(H3,20,22,25,26,30);2,5,7-10H,1H2/t12-;2-,5+/m00/s1. The third-order valence-electron chi connectivity index (χ3n) is 5.83. The number of fused-ring (bicyclic) bond motifs is 1. The lowest BCUT2D eigenvalue weighted by Gasteiger charge is -2.14. The number of cyclic esters (lactones) is 1. The van der Waals surface area contributed by atoms with Crippen LogP contribution in [0.3, 0.4) is 0 Å². The normalized spacial score (nSPS) is 15.5. The minimum absolute atomic E-state index is 0.0524. The molecule has 0 radical (unpaired) electrons. The Bertz CT molecular complexity index is 1640. The number of nitrogens with one attached hydrogen (secondary N) is 3. The number of anilines is 2. The topological polar surface area (TPSA) is 320 Å². The van der Waals surface area contributed by atoms with Gasteiger partial charge in [0.15, 0.2) is 23.0 Å². The number of carbonyl (C=O) groups is 4. The molecule has 0 aliphatic carbocycles. The number of ether oxygens (including phenoxy) is 1. The molecule has 0 spiro atoms. The quantitative estimate of drug-likeness (QED) is 0.110. The van der Waals surface area contributed by atoms with Crippen molar-refractivity contribution in [1.29, 1.82) is 0 Å². The van der Waals surface area contributed by atoms with E-state index in [1.54, 1.807) is 12.1 Å². The lowest BCUT2D eigenvalue weighted by molar-refractivity contribution is -0.148. The van der Waals surface area contributed by atoms with E-state index >= 15 is 0 Å². The Kier molecular flexibility index (Phi) is 10.7. The first kappa shape index (κ1) is 32.7. The van der Waals surface area contributed by atoms with Crippen LogP contribution < -0.4 is 21.9 Å². The number of aromatic nitrogens is 4. The number of carboxylic acid groups (broad SMARTS) is 2. The fraction of sp³-hybridized carbons (Fsp3) is 0.280. The number of aliphatic hydroxyl groups excluding tert-OH is 4. The average Bonchev–Trinajstić information content (AvgIpc) is 3.25. The monoisotopic (exact) mass is 617 g/mol. The number of benzene rings is 1. The van der Waals surface area contributed by atoms with Gasteiger partial charge in [0.2, 0.25) is 11.7 Å². The van der Waals surface area contributed by atoms with E-state index in [4.69, 9.17) is 36.4 Å². The molecule has 19 heteroatoms. The number of nitrogen functional groups attached to an aromatic ring is 1. The molecule has 1 aliphatic heterocycles. The second-order valence-electron chi connectivity index (χ2n) is 9.02. The van der Waals surface area contributed by atoms with Crippen LogP contribution in [0.2, 0.25) is 0 Å². The van der Waals surface area contributed by atoms with Crippen LogP contribution in [-0.4, -0.2) is 99.2 Å². The number of aromatic amines is 1. The summed E-state index contributed by atoms with van der Waals surface area (Å²) < 4.78 is 4.32. The van der Waals surface area contributed by atoms with Crippen LogP contribution in [0.1, 0.15) is 28.9 Å². The summed E-state index contributed by atoms with van der Waals surface area (Å²) >= 11 is 0. The molecule has 0 fully saturated rings. The van der Waals surface area contributed by atoms with Gasteiger partial charge in [-0.25, -0.2) is 19.6 Å². The number of carboxylic acids is 2. The molecule has 3 aromatic rings. The van der Waals surface area contributed by atoms with Gasteiger partial charge in [-0.15, -0.1) is 0 Å². The zero-order valence-electron chi connectivity index (χ0n) is 22.5. The van der Waals surface area contributed by atoms with Gasteiger partial charge in [0.1, 0.15) is 12.1 Å². The molecule has 0 bridgehead atoms. The summed E-state index contributed by atoms with van der Waals surface area (Å²) in [5, 5.41) is 58.2. The van der Waals surface area contributed by atoms with Crippen molar-refractivity contribution < 1.29 is 54.6 Å². The highest BCUT2D eigenvalue weighted by atomic mass is 16.6. The Morgan fingerprint density at radius 3 is 2.34 bits per heavy atom. The number of esters is 1. The second-order valence-corrected chi connectivity index (χ2v) is 9.02. The minimum Gasteiger partial charge on any atom is -0.505 e. The van der Waals surface area contributed by atoms with Crippen LogP contribution in [-0.2, 0) is 25.7 Å². The van der Waals surface area contributed by atoms with Gasteiger partial charge in [-0.2, -0.15) is 4.98 Å². The molecule has 19 nitrogen and oxygen atoms in total. The van der Waals surface area contributed by atoms with Gasteiger partial charge in [-0.05, 0) is 30.7 Å². The Balaban J connectivity index is 0.000000369. The Morgan fingerprint density at radius 2 is 1.77 bits per heavy atom. The number of hydrogen-bond donors (Lipinski definition) is 10. The van der Waals surface area contributed by atoms with Crippen molar-refractivity contribution in [3.63, 3.8) is 0 Å². The van der Waals surface area contributed by atoms with Crippen molar-refractivity contribution in [3.8, 4) is 0 Å². The van der Waals surface area contributed by atoms with Crippen LogP contribution in [0.4, 0.5) is 11.6 Å². The van der Waals surface area contributed by atoms with Crippen LogP contribution >= 0.6 is 0 Å². The number of nitrogens with two attached hydrogens (primary N) is 1. The number of aliphatic carboxylic acids is 2. The first-order valence-corrected chi connectivity index (χ1v) is 12.5. The molecule has 0 unspecified atom stereocenters. The van der Waals surface area contributed by atoms with Crippen LogP contribution in [0.15, 0.2) is 46.8 Å². The Labute approximate surface area is 245 Å². The number of aliphatic hydroxyl groups is 4. The van der Waals surface area contributed by atoms with Gasteiger partial charge in [0.25, 0.3) is 11.5 Å². The highest BCUT2D eigenvalue weighted by Gasteiger charge is 2.38. The predicted molar refractivity (Wildman–Crippen MR) is 147 cm³/mol. The molecule has 44 heavy (non-hydrogen) atoms. The molecular formula is C25H27N7O12. The summed E-state index contributed by atoms with van der Waals surface area (Å²) in [6.45, 7) is -0.441. The molecule has 0 saturated heterocycles. The largest absolute Gasteiger partial charge is 0.505 e. The molecule has 2 aromatic heterocycles. The van der Waals surface area contributed by atoms with Gasteiger partial charge in [0.05, 0.1) is 25.0 Å². The van der Waals surface area contributed by atoms with Crippen LogP contribution in [0.25, 0.3) is 11.2 Å². The van der Waals surface area contributed by atoms with Crippen molar-refractivity contribution in [3.05, 3.63) is 63.6 Å². The lowest BCUT2D eigenvalue weighted by Crippen LogP contribution is -2.41. The fourth-order valence-electron chi connectivity index (χ4n) is 3.58. The summed E-state index contributed by atoms with van der Waals surface area (Å²) in [5.41, 5.74) is 6.47. The molecule has 4 rings (SSSR count). The summed E-state index contributed by atoms with van der Waals surface area (Å²) in [6, 6.07) is 4.86. The van der Waals surface area contributed by atoms with Gasteiger partial charge >= 0.3 is 17.9 Å². The lowest BCUT2D eigenvalue weighted by atomic mass is 10.1. The van der Waals surface area contributed by atoms with Crippen molar-refractivity contribution in [2.75, 3.05) is 17.7 Å². The third-order valence-corrected chi connectivity index (χ3v) is 5.83. The zero-order chi connectivity index (χ0) is 32.6. The number of H-pyrrole nitrogens is 1. The second kappa shape index (κ2) is 14.4. The Morgan fingerprint density at radius 1 is 1.09 bits per heavy atom. The molecule has 234 valence electrons. The fourth-order valence-corrected chi connectivity index (χ4v) is 3.58. The third kappa shape index (κ3) is 8.36. The Hall–Kier alpha value is -5.82. The number of rotatable bonds is 11. The van der Waals surface area contributed by atoms with E-state index in [2.05, 4.69) is 35.3 Å². The first-order chi connectivity index (χ1) is 20.8. The van der Waals surface area contributed by atoms with E-state index in [9.17, 15) is 24.0 Å². The van der Waals surface area contributed by atoms with Gasteiger partial charge < -0.3 is 51.7 Å². The molecule has 1 aliphatic rings. The summed E-state index contributed by atoms with van der Waals surface area (Å²) in [6.07, 6.45) is -1.94. The van der Waals surface area contributed by atoms with E-state index in [0.29, 0.717) is 11.4 Å². The van der Waals surface area contributed by atoms with Gasteiger partial charge in [-0.1, -0.05) is 0 Å². The SMILES string of the molecule is Nc1nc2ncc(CNc3ccc(C(=O)N[C@@H](CCC(=O)O)C(=O)O)cc3)nc2c(=O)[nH]1.O=C1O[C@H]([C@@H](O)CO)C(O)=C1O. The maximum Gasteiger partial charge on any atom is 0.377 e. The maximum atomic E-state index is 12.3. The molecular weight excluding hydrogens is 590 g/mol. The number of amides is 1. The molecule has 0 saturated carbocycles. The molecule has 3 atom stereocenters. The summed E-state index contributed by atoms with van der Waals surface area (Å²) in [5.74, 6) is -5.93. The number of hydrogen-bond acceptors (Lipinski definition) is 15. The summed E-state index contributed by atoms with van der Waals surface area (Å²) in [7, 11) is 0. The van der Waals surface area contributed by atoms with Gasteiger partial charge in [-0.3, -0.25) is 19.4 Å². The highest BCUT2D eigenvalue weighted by Crippen LogP contribution is 2.21. The van der Waals surface area contributed by atoms with E-state index in [0.717, 1.165) is 0 Å². The number of nitrogens with zero attached hydrogens (tertiary/aromatic N) is 3. The summed E-state index contributed by atoms with van der Waals surface area (Å²) in [4.78, 5) is 71.1.